The first-order valence-corrected chi connectivity index (χ1v) is 15.2. The second-order valence-corrected chi connectivity index (χ2v) is 11.0. The average Bonchev–Trinajstić information content (AvgIpc) is 2.89. The normalized spacial score (nSPS) is 14.8. The lowest BCUT2D eigenvalue weighted by atomic mass is 9.85. The molecule has 0 aromatic carbocycles. The predicted octanol–water partition coefficient (Wildman–Crippen LogP) is 7.69. The number of rotatable bonds is 23. The van der Waals surface area contributed by atoms with Crippen molar-refractivity contribution in [2.24, 2.45) is 11.8 Å². The molecule has 214 valence electrons. The third-order valence-electron chi connectivity index (χ3n) is 7.61. The van der Waals surface area contributed by atoms with E-state index in [-0.39, 0.29) is 30.1 Å². The van der Waals surface area contributed by atoms with Crippen LogP contribution in [0.25, 0.3) is 0 Å². The van der Waals surface area contributed by atoms with Gasteiger partial charge in [-0.1, -0.05) is 90.4 Å². The zero-order valence-electron chi connectivity index (χ0n) is 23.9. The number of carbonyl (C=O) groups excluding carboxylic acids is 4. The molecule has 0 heterocycles. The number of hydrogen-bond acceptors (Lipinski definition) is 6. The largest absolute Gasteiger partial charge is 0.469 e. The summed E-state index contributed by atoms with van der Waals surface area (Å²) in [5, 5.41) is 0. The smallest absolute Gasteiger partial charge is 0.309 e. The van der Waals surface area contributed by atoms with Gasteiger partial charge in [0, 0.05) is 32.1 Å². The summed E-state index contributed by atoms with van der Waals surface area (Å²) in [6, 6.07) is 0. The van der Waals surface area contributed by atoms with E-state index in [9.17, 15) is 19.2 Å². The van der Waals surface area contributed by atoms with Gasteiger partial charge in [-0.2, -0.15) is 0 Å². The Hall–Kier alpha value is -1.72. The fourth-order valence-electron chi connectivity index (χ4n) is 5.31. The average molecular weight is 523 g/mol. The van der Waals surface area contributed by atoms with Crippen LogP contribution in [-0.4, -0.2) is 37.2 Å². The number of esters is 2. The molecule has 1 unspecified atom stereocenters. The van der Waals surface area contributed by atoms with E-state index in [1.165, 1.54) is 71.3 Å². The highest BCUT2D eigenvalue weighted by Crippen LogP contribution is 2.27. The van der Waals surface area contributed by atoms with Crippen molar-refractivity contribution in [3.05, 3.63) is 0 Å². The Labute approximate surface area is 226 Å². The van der Waals surface area contributed by atoms with Gasteiger partial charge in [0.25, 0.3) is 0 Å². The summed E-state index contributed by atoms with van der Waals surface area (Å²) in [6.07, 6.45) is 20.1. The van der Waals surface area contributed by atoms with Gasteiger partial charge < -0.3 is 9.47 Å². The topological polar surface area (TPSA) is 86.7 Å². The highest BCUT2D eigenvalue weighted by molar-refractivity contribution is 5.84. The Balaban J connectivity index is 2.08. The molecular weight excluding hydrogens is 468 g/mol. The Bertz CT molecular complexity index is 638. The summed E-state index contributed by atoms with van der Waals surface area (Å²) in [7, 11) is 1.37. The number of carbonyl (C=O) groups is 4. The standard InChI is InChI=1S/C31H54O6/c1-3-4-5-6-7-8-14-20-29(33)25-27(31(35)36-2)19-13-10-15-22-30(34)37-23-16-21-28(32)24-26-17-11-9-12-18-26/h26-27H,3-25H2,1-2H3. The third kappa shape index (κ3) is 18.2. The minimum Gasteiger partial charge on any atom is -0.469 e. The van der Waals surface area contributed by atoms with E-state index >= 15 is 0 Å². The molecule has 1 aliphatic rings. The van der Waals surface area contributed by atoms with E-state index in [1.807, 2.05) is 0 Å². The van der Waals surface area contributed by atoms with Gasteiger partial charge in [0.2, 0.25) is 0 Å². The van der Waals surface area contributed by atoms with Gasteiger partial charge in [-0.15, -0.1) is 0 Å². The van der Waals surface area contributed by atoms with Crippen LogP contribution in [-0.2, 0) is 28.7 Å². The molecule has 1 fully saturated rings. The Morgan fingerprint density at radius 3 is 2.05 bits per heavy atom. The maximum absolute atomic E-state index is 12.4. The van der Waals surface area contributed by atoms with Gasteiger partial charge in [0.05, 0.1) is 19.6 Å². The summed E-state index contributed by atoms with van der Waals surface area (Å²) in [4.78, 5) is 48.6. The van der Waals surface area contributed by atoms with Gasteiger partial charge in [-0.3, -0.25) is 19.2 Å². The van der Waals surface area contributed by atoms with Crippen LogP contribution >= 0.6 is 0 Å². The van der Waals surface area contributed by atoms with E-state index in [4.69, 9.17) is 9.47 Å². The van der Waals surface area contributed by atoms with Crippen LogP contribution in [0.1, 0.15) is 148 Å². The first kappa shape index (κ1) is 33.3. The fraction of sp³-hybridized carbons (Fsp3) is 0.871. The second kappa shape index (κ2) is 22.3. The molecule has 0 bridgehead atoms. The quantitative estimate of drug-likeness (QED) is 0.101. The van der Waals surface area contributed by atoms with Crippen LogP contribution in [0.15, 0.2) is 0 Å². The van der Waals surface area contributed by atoms with Crippen LogP contribution < -0.4 is 0 Å². The summed E-state index contributed by atoms with van der Waals surface area (Å²) in [6.45, 7) is 2.51. The number of ether oxygens (including phenoxy) is 2. The Morgan fingerprint density at radius 2 is 1.35 bits per heavy atom. The van der Waals surface area contributed by atoms with Crippen molar-refractivity contribution in [1.82, 2.24) is 0 Å². The molecular formula is C31H54O6. The lowest BCUT2D eigenvalue weighted by Gasteiger charge is -2.20. The number of methoxy groups -OCH3 is 1. The van der Waals surface area contributed by atoms with Crippen molar-refractivity contribution in [3.8, 4) is 0 Å². The first-order chi connectivity index (χ1) is 18.0. The highest BCUT2D eigenvalue weighted by Gasteiger charge is 2.22. The van der Waals surface area contributed by atoms with Crippen LogP contribution in [0, 0.1) is 11.8 Å². The van der Waals surface area contributed by atoms with Crippen molar-refractivity contribution in [1.29, 1.82) is 0 Å². The molecule has 1 saturated carbocycles. The SMILES string of the molecule is CCCCCCCCCC(=O)CC(CCCCCC(=O)OCCCC(=O)CC1CCCCC1)C(=O)OC. The molecule has 1 rings (SSSR count). The lowest BCUT2D eigenvalue weighted by Crippen LogP contribution is -2.20. The van der Waals surface area contributed by atoms with Crippen molar-refractivity contribution in [2.75, 3.05) is 13.7 Å². The van der Waals surface area contributed by atoms with Crippen molar-refractivity contribution in [3.63, 3.8) is 0 Å². The monoisotopic (exact) mass is 522 g/mol. The molecule has 37 heavy (non-hydrogen) atoms. The maximum atomic E-state index is 12.4. The molecule has 0 N–H and O–H groups in total. The maximum Gasteiger partial charge on any atom is 0.309 e. The van der Waals surface area contributed by atoms with Crippen molar-refractivity contribution < 1.29 is 28.7 Å². The van der Waals surface area contributed by atoms with Gasteiger partial charge in [-0.05, 0) is 31.6 Å². The zero-order chi connectivity index (χ0) is 27.1. The molecule has 0 aliphatic heterocycles. The van der Waals surface area contributed by atoms with Crippen molar-refractivity contribution >= 4 is 23.5 Å². The van der Waals surface area contributed by atoms with E-state index in [0.717, 1.165) is 25.7 Å². The van der Waals surface area contributed by atoms with Crippen LogP contribution in [0.3, 0.4) is 0 Å². The van der Waals surface area contributed by atoms with E-state index in [2.05, 4.69) is 6.92 Å². The predicted molar refractivity (Wildman–Crippen MR) is 147 cm³/mol. The van der Waals surface area contributed by atoms with Gasteiger partial charge in [0.15, 0.2) is 0 Å². The van der Waals surface area contributed by atoms with Gasteiger partial charge >= 0.3 is 11.9 Å². The van der Waals surface area contributed by atoms with E-state index in [1.54, 1.807) is 0 Å². The molecule has 0 aromatic rings. The molecule has 0 radical (unpaired) electrons. The Kier molecular flexibility index (Phi) is 20.1. The highest BCUT2D eigenvalue weighted by atomic mass is 16.5. The minimum absolute atomic E-state index is 0.143. The van der Waals surface area contributed by atoms with Crippen molar-refractivity contribution in [2.45, 2.75) is 148 Å². The van der Waals surface area contributed by atoms with Gasteiger partial charge in [0.1, 0.15) is 11.6 Å². The number of hydrogen-bond donors (Lipinski definition) is 0. The molecule has 0 spiro atoms. The molecule has 0 aromatic heterocycles. The molecule has 0 saturated heterocycles. The molecule has 0 amide bonds. The summed E-state index contributed by atoms with van der Waals surface area (Å²) in [5.41, 5.74) is 0. The zero-order valence-corrected chi connectivity index (χ0v) is 23.9. The Morgan fingerprint density at radius 1 is 0.730 bits per heavy atom. The summed E-state index contributed by atoms with van der Waals surface area (Å²) >= 11 is 0. The van der Waals surface area contributed by atoms with Gasteiger partial charge in [-0.25, -0.2) is 0 Å². The van der Waals surface area contributed by atoms with E-state index < -0.39 is 0 Å². The minimum atomic E-state index is -0.389. The van der Waals surface area contributed by atoms with Crippen LogP contribution in [0.4, 0.5) is 0 Å². The lowest BCUT2D eigenvalue weighted by molar-refractivity contribution is -0.147. The van der Waals surface area contributed by atoms with Crippen LogP contribution in [0.5, 0.6) is 0 Å². The molecule has 1 aliphatic carbocycles. The number of unbranched alkanes of at least 4 members (excludes halogenated alkanes) is 8. The molecule has 1 atom stereocenters. The number of ketones is 2. The van der Waals surface area contributed by atoms with Crippen LogP contribution in [0.2, 0.25) is 0 Å². The first-order valence-electron chi connectivity index (χ1n) is 15.2. The summed E-state index contributed by atoms with van der Waals surface area (Å²) < 4.78 is 10.2. The van der Waals surface area contributed by atoms with E-state index in [0.29, 0.717) is 63.3 Å². The molecule has 6 nitrogen and oxygen atoms in total. The third-order valence-corrected chi connectivity index (χ3v) is 7.61. The second-order valence-electron chi connectivity index (χ2n) is 11.0. The molecule has 6 heteroatoms. The fourth-order valence-corrected chi connectivity index (χ4v) is 5.31. The number of Topliss-reactive ketones (excluding diaryl/α,β-unsaturated/α-hetero) is 2. The summed E-state index contributed by atoms with van der Waals surface area (Å²) in [5.74, 6) is 0.0687.